The van der Waals surface area contributed by atoms with E-state index < -0.39 is 0 Å². The SMILES string of the molecule is CC.CC.Clc1cc(N2Cc3ccccc3C2)c2ccccc2n1. The highest BCUT2D eigenvalue weighted by Crippen LogP contribution is 2.34. The molecule has 2 nitrogen and oxygen atoms in total. The predicted octanol–water partition coefficient (Wildman–Crippen LogP) is 6.46. The minimum atomic E-state index is 0.551. The van der Waals surface area contributed by atoms with E-state index in [0.29, 0.717) is 5.15 Å². The second-order valence-corrected chi connectivity index (χ2v) is 5.49. The zero-order valence-corrected chi connectivity index (χ0v) is 15.6. The fraction of sp³-hybridized carbons (Fsp3) is 0.286. The molecular weight excluding hydrogens is 316 g/mol. The first-order chi connectivity index (χ1) is 11.8. The third-order valence-corrected chi connectivity index (χ3v) is 4.04. The van der Waals surface area contributed by atoms with Crippen LogP contribution in [0, 0.1) is 0 Å². The Morgan fingerprint density at radius 1 is 0.833 bits per heavy atom. The van der Waals surface area contributed by atoms with Gasteiger partial charge in [0.05, 0.1) is 5.52 Å². The molecule has 1 aliphatic heterocycles. The number of hydrogen-bond donors (Lipinski definition) is 0. The number of pyridine rings is 1. The highest BCUT2D eigenvalue weighted by atomic mass is 35.5. The van der Waals surface area contributed by atoms with Crippen molar-refractivity contribution in [1.82, 2.24) is 4.98 Å². The predicted molar refractivity (Wildman–Crippen MR) is 106 cm³/mol. The lowest BCUT2D eigenvalue weighted by Gasteiger charge is -2.20. The minimum Gasteiger partial charge on any atom is -0.362 e. The number of benzene rings is 2. The molecule has 0 bridgehead atoms. The molecule has 126 valence electrons. The fourth-order valence-electron chi connectivity index (χ4n) is 2.89. The highest BCUT2D eigenvalue weighted by Gasteiger charge is 2.20. The van der Waals surface area contributed by atoms with Crippen molar-refractivity contribution in [3.63, 3.8) is 0 Å². The van der Waals surface area contributed by atoms with Gasteiger partial charge in [-0.25, -0.2) is 4.98 Å². The van der Waals surface area contributed by atoms with Crippen LogP contribution in [-0.4, -0.2) is 4.98 Å². The van der Waals surface area contributed by atoms with Crippen LogP contribution < -0.4 is 4.90 Å². The molecule has 0 aliphatic carbocycles. The second-order valence-electron chi connectivity index (χ2n) is 5.11. The van der Waals surface area contributed by atoms with Gasteiger partial charge in [0.15, 0.2) is 0 Å². The summed E-state index contributed by atoms with van der Waals surface area (Å²) in [6, 6.07) is 18.7. The van der Waals surface area contributed by atoms with Crippen molar-refractivity contribution in [1.29, 1.82) is 0 Å². The molecule has 3 aromatic rings. The van der Waals surface area contributed by atoms with E-state index in [1.165, 1.54) is 11.1 Å². The third-order valence-electron chi connectivity index (χ3n) is 3.84. The van der Waals surface area contributed by atoms with E-state index in [1.54, 1.807) is 0 Å². The van der Waals surface area contributed by atoms with Crippen LogP contribution in [0.25, 0.3) is 10.9 Å². The number of aromatic nitrogens is 1. The Labute approximate surface area is 150 Å². The van der Waals surface area contributed by atoms with Gasteiger partial charge in [0, 0.05) is 24.2 Å². The molecule has 1 aromatic heterocycles. The van der Waals surface area contributed by atoms with Crippen molar-refractivity contribution in [2.45, 2.75) is 40.8 Å². The third kappa shape index (κ3) is 3.70. The van der Waals surface area contributed by atoms with Crippen molar-refractivity contribution < 1.29 is 0 Å². The minimum absolute atomic E-state index is 0.551. The molecule has 2 heterocycles. The molecule has 0 spiro atoms. The van der Waals surface area contributed by atoms with Gasteiger partial charge < -0.3 is 4.90 Å². The molecule has 0 N–H and O–H groups in total. The van der Waals surface area contributed by atoms with E-state index in [2.05, 4.69) is 40.2 Å². The number of anilines is 1. The Hall–Kier alpha value is -2.06. The second kappa shape index (κ2) is 8.70. The van der Waals surface area contributed by atoms with Gasteiger partial charge in [-0.2, -0.15) is 0 Å². The highest BCUT2D eigenvalue weighted by molar-refractivity contribution is 6.30. The summed E-state index contributed by atoms with van der Waals surface area (Å²) in [7, 11) is 0. The van der Waals surface area contributed by atoms with Gasteiger partial charge in [-0.15, -0.1) is 0 Å². The topological polar surface area (TPSA) is 16.1 Å². The van der Waals surface area contributed by atoms with Crippen LogP contribution in [0.3, 0.4) is 0 Å². The van der Waals surface area contributed by atoms with Gasteiger partial charge in [-0.3, -0.25) is 0 Å². The Kier molecular flexibility index (Phi) is 6.62. The average Bonchev–Trinajstić information content (AvgIpc) is 3.08. The standard InChI is InChI=1S/C17H13ClN2.2C2H6/c18-17-9-16(14-7-3-4-8-15(14)19-17)20-10-12-5-1-2-6-13(12)11-20;2*1-2/h1-9H,10-11H2;2*1-2H3. The molecule has 2 aromatic carbocycles. The van der Waals surface area contributed by atoms with E-state index in [9.17, 15) is 0 Å². The Balaban J connectivity index is 0.000000487. The van der Waals surface area contributed by atoms with Crippen molar-refractivity contribution in [3.8, 4) is 0 Å². The first-order valence-electron chi connectivity index (χ1n) is 8.68. The maximum absolute atomic E-state index is 6.18. The maximum atomic E-state index is 6.18. The molecule has 4 rings (SSSR count). The first-order valence-corrected chi connectivity index (χ1v) is 9.06. The summed E-state index contributed by atoms with van der Waals surface area (Å²) >= 11 is 6.18. The molecule has 1 aliphatic rings. The molecule has 0 unspecified atom stereocenters. The summed E-state index contributed by atoms with van der Waals surface area (Å²) in [5.41, 5.74) is 4.90. The van der Waals surface area contributed by atoms with E-state index in [1.807, 2.05) is 52.0 Å². The Morgan fingerprint density at radius 3 is 2.00 bits per heavy atom. The van der Waals surface area contributed by atoms with Gasteiger partial charge in [0.2, 0.25) is 0 Å². The summed E-state index contributed by atoms with van der Waals surface area (Å²) in [5, 5.41) is 1.71. The van der Waals surface area contributed by atoms with Crippen molar-refractivity contribution in [3.05, 3.63) is 70.9 Å². The van der Waals surface area contributed by atoms with Gasteiger partial charge in [-0.1, -0.05) is 81.8 Å². The summed E-state index contributed by atoms with van der Waals surface area (Å²) in [5.74, 6) is 0. The molecular formula is C21H25ClN2. The molecule has 3 heteroatoms. The first kappa shape index (κ1) is 18.3. The normalized spacial score (nSPS) is 12.0. The Bertz CT molecular complexity index is 774. The summed E-state index contributed by atoms with van der Waals surface area (Å²) in [4.78, 5) is 6.76. The monoisotopic (exact) mass is 340 g/mol. The number of halogens is 1. The number of nitrogens with zero attached hydrogens (tertiary/aromatic N) is 2. The fourth-order valence-corrected chi connectivity index (χ4v) is 3.09. The van der Waals surface area contributed by atoms with Crippen molar-refractivity contribution in [2.75, 3.05) is 4.90 Å². The largest absolute Gasteiger partial charge is 0.362 e. The zero-order valence-electron chi connectivity index (χ0n) is 14.9. The van der Waals surface area contributed by atoms with Gasteiger partial charge in [0.1, 0.15) is 5.15 Å². The lowest BCUT2D eigenvalue weighted by atomic mass is 10.1. The van der Waals surface area contributed by atoms with Crippen LogP contribution in [-0.2, 0) is 13.1 Å². The maximum Gasteiger partial charge on any atom is 0.131 e. The lowest BCUT2D eigenvalue weighted by Crippen LogP contribution is -2.15. The van der Waals surface area contributed by atoms with Crippen LogP contribution in [0.4, 0.5) is 5.69 Å². The summed E-state index contributed by atoms with van der Waals surface area (Å²) in [6.07, 6.45) is 0. The Morgan fingerprint density at radius 2 is 1.38 bits per heavy atom. The van der Waals surface area contributed by atoms with Crippen molar-refractivity contribution >= 4 is 28.2 Å². The smallest absolute Gasteiger partial charge is 0.131 e. The molecule has 0 radical (unpaired) electrons. The molecule has 24 heavy (non-hydrogen) atoms. The van der Waals surface area contributed by atoms with Gasteiger partial charge in [-0.05, 0) is 23.3 Å². The average molecular weight is 341 g/mol. The molecule has 0 atom stereocenters. The quantitative estimate of drug-likeness (QED) is 0.472. The van der Waals surface area contributed by atoms with Gasteiger partial charge >= 0.3 is 0 Å². The molecule has 0 amide bonds. The molecule has 0 saturated heterocycles. The van der Waals surface area contributed by atoms with E-state index in [4.69, 9.17) is 11.6 Å². The van der Waals surface area contributed by atoms with E-state index >= 15 is 0 Å². The molecule has 0 saturated carbocycles. The number of rotatable bonds is 1. The van der Waals surface area contributed by atoms with Crippen LogP contribution >= 0.6 is 11.6 Å². The number of hydrogen-bond acceptors (Lipinski definition) is 2. The summed E-state index contributed by atoms with van der Waals surface area (Å²) in [6.45, 7) is 9.86. The lowest BCUT2D eigenvalue weighted by molar-refractivity contribution is 0.884. The zero-order chi connectivity index (χ0) is 17.5. The van der Waals surface area contributed by atoms with E-state index in [0.717, 1.165) is 29.7 Å². The van der Waals surface area contributed by atoms with Crippen LogP contribution in [0.2, 0.25) is 5.15 Å². The summed E-state index contributed by atoms with van der Waals surface area (Å²) < 4.78 is 0. The van der Waals surface area contributed by atoms with E-state index in [-0.39, 0.29) is 0 Å². The van der Waals surface area contributed by atoms with Crippen LogP contribution in [0.15, 0.2) is 54.6 Å². The van der Waals surface area contributed by atoms with Crippen molar-refractivity contribution in [2.24, 2.45) is 0 Å². The van der Waals surface area contributed by atoms with Gasteiger partial charge in [0.25, 0.3) is 0 Å². The van der Waals surface area contributed by atoms with Crippen LogP contribution in [0.1, 0.15) is 38.8 Å². The van der Waals surface area contributed by atoms with Crippen LogP contribution in [0.5, 0.6) is 0 Å². The molecule has 0 fully saturated rings. The number of para-hydroxylation sites is 1. The number of fused-ring (bicyclic) bond motifs is 2.